The van der Waals surface area contributed by atoms with Crippen molar-refractivity contribution >= 4 is 9.84 Å². The van der Waals surface area contributed by atoms with Crippen LogP contribution in [0.2, 0.25) is 0 Å². The Hall–Kier alpha value is -0.130. The molecule has 2 aliphatic rings. The Kier molecular flexibility index (Phi) is 4.21. The Morgan fingerprint density at radius 1 is 1.00 bits per heavy atom. The molecular formula is C11H20O4S. The monoisotopic (exact) mass is 248 g/mol. The van der Waals surface area contributed by atoms with E-state index in [-0.39, 0.29) is 23.7 Å². The van der Waals surface area contributed by atoms with Crippen LogP contribution in [0, 0.1) is 0 Å². The van der Waals surface area contributed by atoms with Crippen molar-refractivity contribution in [1.29, 1.82) is 0 Å². The van der Waals surface area contributed by atoms with E-state index in [4.69, 9.17) is 9.47 Å². The summed E-state index contributed by atoms with van der Waals surface area (Å²) in [5.74, 6) is 0.442. The molecule has 0 N–H and O–H groups in total. The fraction of sp³-hybridized carbons (Fsp3) is 1.00. The van der Waals surface area contributed by atoms with Crippen molar-refractivity contribution in [2.24, 2.45) is 0 Å². The largest absolute Gasteiger partial charge is 0.378 e. The summed E-state index contributed by atoms with van der Waals surface area (Å²) in [4.78, 5) is 0. The zero-order valence-electron chi connectivity index (χ0n) is 9.56. The van der Waals surface area contributed by atoms with Gasteiger partial charge in [0.15, 0.2) is 9.84 Å². The molecule has 4 nitrogen and oxygen atoms in total. The molecule has 2 atom stereocenters. The van der Waals surface area contributed by atoms with Gasteiger partial charge in [-0.05, 0) is 32.1 Å². The normalized spacial score (nSPS) is 31.0. The van der Waals surface area contributed by atoms with Gasteiger partial charge in [0.05, 0.1) is 23.7 Å². The lowest BCUT2D eigenvalue weighted by Crippen LogP contribution is -2.24. The summed E-state index contributed by atoms with van der Waals surface area (Å²) < 4.78 is 34.4. The third-order valence-corrected chi connectivity index (χ3v) is 4.98. The number of ether oxygens (including phenoxy) is 2. The number of hydrogen-bond donors (Lipinski definition) is 0. The van der Waals surface area contributed by atoms with Crippen LogP contribution in [-0.2, 0) is 19.3 Å². The fourth-order valence-electron chi connectivity index (χ4n) is 2.33. The second-order valence-corrected chi connectivity index (χ2v) is 6.90. The topological polar surface area (TPSA) is 52.6 Å². The second kappa shape index (κ2) is 5.47. The molecule has 0 spiro atoms. The zero-order valence-corrected chi connectivity index (χ0v) is 10.4. The van der Waals surface area contributed by atoms with E-state index in [1.54, 1.807) is 0 Å². The molecule has 0 aliphatic carbocycles. The van der Waals surface area contributed by atoms with Gasteiger partial charge in [0, 0.05) is 13.2 Å². The van der Waals surface area contributed by atoms with Gasteiger partial charge in [-0.25, -0.2) is 8.42 Å². The van der Waals surface area contributed by atoms with Crippen LogP contribution in [0.25, 0.3) is 0 Å². The first-order valence-corrected chi connectivity index (χ1v) is 7.91. The highest BCUT2D eigenvalue weighted by Gasteiger charge is 2.25. The van der Waals surface area contributed by atoms with Gasteiger partial charge in [0.25, 0.3) is 0 Å². The summed E-state index contributed by atoms with van der Waals surface area (Å²) in [6.45, 7) is 1.50. The Balaban J connectivity index is 1.73. The predicted octanol–water partition coefficient (Wildman–Crippen LogP) is 1.15. The summed E-state index contributed by atoms with van der Waals surface area (Å²) in [6.07, 6.45) is 4.71. The summed E-state index contributed by atoms with van der Waals surface area (Å²) in [5, 5.41) is 0. The van der Waals surface area contributed by atoms with Crippen molar-refractivity contribution in [2.75, 3.05) is 24.7 Å². The van der Waals surface area contributed by atoms with Crippen LogP contribution in [0.1, 0.15) is 32.1 Å². The average molecular weight is 248 g/mol. The lowest BCUT2D eigenvalue weighted by atomic mass is 10.2. The molecule has 5 heteroatoms. The van der Waals surface area contributed by atoms with Crippen LogP contribution in [0.4, 0.5) is 0 Å². The first-order chi connectivity index (χ1) is 7.66. The first-order valence-electron chi connectivity index (χ1n) is 6.09. The van der Waals surface area contributed by atoms with Crippen molar-refractivity contribution < 1.29 is 17.9 Å². The maximum Gasteiger partial charge on any atom is 0.152 e. The molecule has 2 heterocycles. The average Bonchev–Trinajstić information content (AvgIpc) is 2.85. The van der Waals surface area contributed by atoms with Crippen molar-refractivity contribution in [2.45, 2.75) is 44.3 Å². The minimum absolute atomic E-state index is 0.0607. The number of hydrogen-bond acceptors (Lipinski definition) is 4. The maximum atomic E-state index is 11.8. The Bertz CT molecular complexity index is 300. The number of rotatable bonds is 5. The Morgan fingerprint density at radius 3 is 2.19 bits per heavy atom. The van der Waals surface area contributed by atoms with Crippen molar-refractivity contribution in [3.05, 3.63) is 0 Å². The van der Waals surface area contributed by atoms with Crippen LogP contribution in [0.3, 0.4) is 0 Å². The molecule has 2 fully saturated rings. The number of sulfone groups is 1. The van der Waals surface area contributed by atoms with Gasteiger partial charge < -0.3 is 9.47 Å². The van der Waals surface area contributed by atoms with Crippen LogP contribution in [-0.4, -0.2) is 45.3 Å². The van der Waals surface area contributed by atoms with E-state index in [0.29, 0.717) is 13.0 Å². The Labute approximate surface area is 97.2 Å². The zero-order chi connectivity index (χ0) is 11.4. The highest BCUT2D eigenvalue weighted by molar-refractivity contribution is 7.91. The lowest BCUT2D eigenvalue weighted by molar-refractivity contribution is 0.108. The van der Waals surface area contributed by atoms with E-state index in [9.17, 15) is 8.42 Å². The van der Waals surface area contributed by atoms with Crippen LogP contribution >= 0.6 is 0 Å². The molecule has 94 valence electrons. The highest BCUT2D eigenvalue weighted by Crippen LogP contribution is 2.18. The molecule has 0 amide bonds. The molecule has 0 unspecified atom stereocenters. The van der Waals surface area contributed by atoms with Gasteiger partial charge in [0.1, 0.15) is 0 Å². The minimum atomic E-state index is -2.96. The molecule has 0 radical (unpaired) electrons. The Morgan fingerprint density at radius 2 is 1.62 bits per heavy atom. The fourth-order valence-corrected chi connectivity index (χ4v) is 3.94. The van der Waals surface area contributed by atoms with Crippen LogP contribution < -0.4 is 0 Å². The van der Waals surface area contributed by atoms with Gasteiger partial charge in [-0.2, -0.15) is 0 Å². The third-order valence-electron chi connectivity index (χ3n) is 3.24. The van der Waals surface area contributed by atoms with E-state index in [1.807, 2.05) is 0 Å². The van der Waals surface area contributed by atoms with Crippen molar-refractivity contribution in [3.63, 3.8) is 0 Å². The van der Waals surface area contributed by atoms with Gasteiger partial charge >= 0.3 is 0 Å². The van der Waals surface area contributed by atoms with Gasteiger partial charge in [0.2, 0.25) is 0 Å². The van der Waals surface area contributed by atoms with Crippen LogP contribution in [0.5, 0.6) is 0 Å². The van der Waals surface area contributed by atoms with E-state index < -0.39 is 9.84 Å². The van der Waals surface area contributed by atoms with Crippen LogP contribution in [0.15, 0.2) is 0 Å². The molecule has 0 bridgehead atoms. The quantitative estimate of drug-likeness (QED) is 0.732. The maximum absolute atomic E-state index is 11.8. The van der Waals surface area contributed by atoms with Gasteiger partial charge in [-0.1, -0.05) is 0 Å². The summed E-state index contributed by atoms with van der Waals surface area (Å²) >= 11 is 0. The summed E-state index contributed by atoms with van der Waals surface area (Å²) in [5.41, 5.74) is 0. The second-order valence-electron chi connectivity index (χ2n) is 4.67. The predicted molar refractivity (Wildman–Crippen MR) is 61.2 cm³/mol. The van der Waals surface area contributed by atoms with Crippen molar-refractivity contribution in [1.82, 2.24) is 0 Å². The lowest BCUT2D eigenvalue weighted by Gasteiger charge is -2.12. The van der Waals surface area contributed by atoms with Gasteiger partial charge in [-0.3, -0.25) is 0 Å². The standard InChI is InChI=1S/C11H20O4S/c12-16(13,9-11-4-2-7-15-11)8-5-10-3-1-6-14-10/h10-11H,1-9H2/t10-,11+/m1/s1. The highest BCUT2D eigenvalue weighted by atomic mass is 32.2. The molecule has 16 heavy (non-hydrogen) atoms. The smallest absolute Gasteiger partial charge is 0.152 e. The summed E-state index contributed by atoms with van der Waals surface area (Å²) in [7, 11) is -2.96. The molecule has 0 saturated carbocycles. The van der Waals surface area contributed by atoms with Gasteiger partial charge in [-0.15, -0.1) is 0 Å². The first kappa shape index (κ1) is 12.3. The minimum Gasteiger partial charge on any atom is -0.378 e. The third kappa shape index (κ3) is 3.71. The summed E-state index contributed by atoms with van der Waals surface area (Å²) in [6, 6.07) is 0. The molecule has 2 rings (SSSR count). The molecular weight excluding hydrogens is 228 g/mol. The molecule has 0 aromatic heterocycles. The van der Waals surface area contributed by atoms with Crippen molar-refractivity contribution in [3.8, 4) is 0 Å². The molecule has 0 aromatic carbocycles. The molecule has 0 aromatic rings. The molecule has 2 saturated heterocycles. The SMILES string of the molecule is O=S(=O)(CC[C@H]1CCCO1)C[C@@H]1CCCO1. The van der Waals surface area contributed by atoms with E-state index in [0.717, 1.165) is 32.3 Å². The molecule has 2 aliphatic heterocycles. The van der Waals surface area contributed by atoms with E-state index in [2.05, 4.69) is 0 Å². The van der Waals surface area contributed by atoms with E-state index >= 15 is 0 Å². The van der Waals surface area contributed by atoms with E-state index in [1.165, 1.54) is 0 Å².